The molecule has 0 radical (unpaired) electrons. The number of furan rings is 1. The lowest BCUT2D eigenvalue weighted by molar-refractivity contribution is 0.669. The van der Waals surface area contributed by atoms with E-state index in [4.69, 9.17) is 15.2 Å². The van der Waals surface area contributed by atoms with Crippen LogP contribution in [0.15, 0.2) is 162 Å². The number of allylic oxidation sites excluding steroid dienone is 1. The van der Waals surface area contributed by atoms with Crippen molar-refractivity contribution in [3.8, 4) is 22.3 Å². The van der Waals surface area contributed by atoms with Crippen LogP contribution in [-0.4, -0.2) is 11.4 Å². The van der Waals surface area contributed by atoms with Crippen LogP contribution in [0.25, 0.3) is 61.0 Å². The van der Waals surface area contributed by atoms with Crippen molar-refractivity contribution < 1.29 is 4.42 Å². The molecule has 0 aliphatic heterocycles. The summed E-state index contributed by atoms with van der Waals surface area (Å²) in [6, 6.07) is 53.0. The first-order chi connectivity index (χ1) is 23.6. The third-order valence-electron chi connectivity index (χ3n) is 9.27. The maximum atomic E-state index is 8.58. The summed E-state index contributed by atoms with van der Waals surface area (Å²) in [6.45, 7) is 0. The minimum absolute atomic E-state index is 0.241. The van der Waals surface area contributed by atoms with Gasteiger partial charge in [-0.1, -0.05) is 103 Å². The summed E-state index contributed by atoms with van der Waals surface area (Å²) >= 11 is 0. The Morgan fingerprint density at radius 3 is 1.92 bits per heavy atom. The van der Waals surface area contributed by atoms with Crippen molar-refractivity contribution in [2.24, 2.45) is 0 Å². The molecule has 0 spiro atoms. The molecular weight excluding hydrogens is 587 g/mol. The molecule has 1 aliphatic rings. The largest absolute Gasteiger partial charge is 0.456 e. The van der Waals surface area contributed by atoms with Gasteiger partial charge in [-0.25, -0.2) is 0 Å². The highest BCUT2D eigenvalue weighted by atomic mass is 16.3. The zero-order chi connectivity index (χ0) is 32.2. The zero-order valence-electron chi connectivity index (χ0n) is 25.9. The van der Waals surface area contributed by atoms with Gasteiger partial charge in [0.1, 0.15) is 11.2 Å². The number of hydrogen-bond donors (Lipinski definition) is 2. The second-order valence-electron chi connectivity index (χ2n) is 12.2. The van der Waals surface area contributed by atoms with Gasteiger partial charge in [0.05, 0.1) is 11.4 Å². The standard InChI is InChI=1S/C44H29N3O/c45-40-22-19-29-16-17-33-24-32(18-21-37(33)43(29)44(40)46)31-11-7-13-35(26-31)47(34-12-6-10-30(25-34)28-8-2-1-3-9-28)36-20-23-42-39(27-36)38-14-4-5-15-41(38)48-42/h1-27,45-46H. The van der Waals surface area contributed by atoms with Crippen molar-refractivity contribution >= 4 is 67.3 Å². The molecule has 9 rings (SSSR count). The molecule has 0 fully saturated rings. The Hall–Kier alpha value is -6.52. The van der Waals surface area contributed by atoms with Crippen LogP contribution in [0, 0.1) is 10.8 Å². The molecule has 0 atom stereocenters. The van der Waals surface area contributed by atoms with Crippen molar-refractivity contribution in [2.75, 3.05) is 4.90 Å². The van der Waals surface area contributed by atoms with Crippen LogP contribution in [-0.2, 0) is 0 Å². The van der Waals surface area contributed by atoms with Crippen molar-refractivity contribution in [3.63, 3.8) is 0 Å². The fraction of sp³-hybridized carbons (Fsp3) is 0. The Morgan fingerprint density at radius 1 is 0.438 bits per heavy atom. The van der Waals surface area contributed by atoms with E-state index >= 15 is 0 Å². The second-order valence-corrected chi connectivity index (χ2v) is 12.2. The number of hydrogen-bond acceptors (Lipinski definition) is 4. The van der Waals surface area contributed by atoms with Crippen molar-refractivity contribution in [1.82, 2.24) is 0 Å². The lowest BCUT2D eigenvalue weighted by atomic mass is 9.88. The van der Waals surface area contributed by atoms with E-state index in [2.05, 4.69) is 132 Å². The van der Waals surface area contributed by atoms with Gasteiger partial charge in [0.2, 0.25) is 0 Å². The highest BCUT2D eigenvalue weighted by Crippen LogP contribution is 2.41. The SMILES string of the molecule is N=C1C=Cc2ccc3cc(-c4cccc(N(c5cccc(-c6ccccc6)c5)c5ccc6oc7ccccc7c6c5)c4)ccc3c2C1=N. The van der Waals surface area contributed by atoms with E-state index in [0.29, 0.717) is 0 Å². The molecule has 2 N–H and O–H groups in total. The van der Waals surface area contributed by atoms with E-state index in [9.17, 15) is 0 Å². The average molecular weight is 616 g/mol. The molecule has 1 aromatic heterocycles. The van der Waals surface area contributed by atoms with E-state index in [1.54, 1.807) is 6.08 Å². The van der Waals surface area contributed by atoms with E-state index in [1.165, 1.54) is 5.56 Å². The molecule has 1 aliphatic carbocycles. The molecule has 0 saturated heterocycles. The van der Waals surface area contributed by atoms with Gasteiger partial charge in [-0.2, -0.15) is 0 Å². The molecule has 8 aromatic rings. The molecule has 0 saturated carbocycles. The first-order valence-corrected chi connectivity index (χ1v) is 16.0. The Kier molecular flexibility index (Phi) is 6.41. The Balaban J connectivity index is 1.20. The summed E-state index contributed by atoms with van der Waals surface area (Å²) in [7, 11) is 0. The molecule has 4 heteroatoms. The van der Waals surface area contributed by atoms with E-state index in [-0.39, 0.29) is 11.4 Å². The van der Waals surface area contributed by atoms with E-state index < -0.39 is 0 Å². The third-order valence-corrected chi connectivity index (χ3v) is 9.27. The number of rotatable bonds is 5. The van der Waals surface area contributed by atoms with Gasteiger partial charge in [-0.15, -0.1) is 0 Å². The highest BCUT2D eigenvalue weighted by molar-refractivity contribution is 6.53. The van der Waals surface area contributed by atoms with E-state index in [1.807, 2.05) is 30.3 Å². The minimum Gasteiger partial charge on any atom is -0.456 e. The van der Waals surface area contributed by atoms with Gasteiger partial charge in [0, 0.05) is 33.4 Å². The fourth-order valence-corrected chi connectivity index (χ4v) is 6.92. The molecule has 48 heavy (non-hydrogen) atoms. The smallest absolute Gasteiger partial charge is 0.135 e. The predicted octanol–water partition coefficient (Wildman–Crippen LogP) is 12.0. The average Bonchev–Trinajstić information content (AvgIpc) is 3.51. The molecule has 1 heterocycles. The summed E-state index contributed by atoms with van der Waals surface area (Å²) in [6.07, 6.45) is 3.63. The zero-order valence-corrected chi connectivity index (χ0v) is 25.9. The Morgan fingerprint density at radius 2 is 1.10 bits per heavy atom. The van der Waals surface area contributed by atoms with Crippen LogP contribution < -0.4 is 4.90 Å². The fourth-order valence-electron chi connectivity index (χ4n) is 6.92. The van der Waals surface area contributed by atoms with Gasteiger partial charge in [-0.05, 0) is 99.3 Å². The summed E-state index contributed by atoms with van der Waals surface area (Å²) in [5.41, 5.74) is 11.7. The number of nitrogens with zero attached hydrogens (tertiary/aromatic N) is 1. The van der Waals surface area contributed by atoms with Crippen molar-refractivity contribution in [2.45, 2.75) is 0 Å². The van der Waals surface area contributed by atoms with Crippen LogP contribution in [0.2, 0.25) is 0 Å². The van der Waals surface area contributed by atoms with Gasteiger partial charge < -0.3 is 9.32 Å². The van der Waals surface area contributed by atoms with Crippen LogP contribution in [0.3, 0.4) is 0 Å². The van der Waals surface area contributed by atoms with Crippen LogP contribution in [0.4, 0.5) is 17.1 Å². The van der Waals surface area contributed by atoms with Crippen LogP contribution in [0.5, 0.6) is 0 Å². The first kappa shape index (κ1) is 27.8. The van der Waals surface area contributed by atoms with Crippen molar-refractivity contribution in [1.29, 1.82) is 10.8 Å². The van der Waals surface area contributed by atoms with Crippen LogP contribution >= 0.6 is 0 Å². The molecule has 7 aromatic carbocycles. The monoisotopic (exact) mass is 615 g/mol. The van der Waals surface area contributed by atoms with Gasteiger partial charge in [0.25, 0.3) is 0 Å². The van der Waals surface area contributed by atoms with Gasteiger partial charge in [0.15, 0.2) is 0 Å². The topological polar surface area (TPSA) is 64.1 Å². The number of para-hydroxylation sites is 1. The van der Waals surface area contributed by atoms with Crippen molar-refractivity contribution in [3.05, 3.63) is 169 Å². The summed E-state index contributed by atoms with van der Waals surface area (Å²) < 4.78 is 6.19. The maximum Gasteiger partial charge on any atom is 0.135 e. The molecule has 4 nitrogen and oxygen atoms in total. The van der Waals surface area contributed by atoms with E-state index in [0.717, 1.165) is 77.6 Å². The molecule has 0 bridgehead atoms. The lowest BCUT2D eigenvalue weighted by Crippen LogP contribution is -2.16. The minimum atomic E-state index is 0.241. The summed E-state index contributed by atoms with van der Waals surface area (Å²) in [5, 5.41) is 21.0. The first-order valence-electron chi connectivity index (χ1n) is 16.0. The molecular formula is C44H29N3O. The lowest BCUT2D eigenvalue weighted by Gasteiger charge is -2.26. The predicted molar refractivity (Wildman–Crippen MR) is 200 cm³/mol. The number of nitrogens with one attached hydrogen (secondary N) is 2. The molecule has 226 valence electrons. The second kappa shape index (κ2) is 11.1. The molecule has 0 amide bonds. The maximum absolute atomic E-state index is 8.58. The normalized spacial score (nSPS) is 12.6. The Bertz CT molecular complexity index is 2610. The Labute approximate surface area is 277 Å². The third kappa shape index (κ3) is 4.62. The molecule has 0 unspecified atom stereocenters. The quantitative estimate of drug-likeness (QED) is 0.202. The summed E-state index contributed by atoms with van der Waals surface area (Å²) in [5.74, 6) is 0. The number of fused-ring (bicyclic) bond motifs is 6. The van der Waals surface area contributed by atoms with Crippen LogP contribution in [0.1, 0.15) is 11.1 Å². The van der Waals surface area contributed by atoms with Gasteiger partial charge in [-0.3, -0.25) is 10.8 Å². The number of benzene rings is 7. The summed E-state index contributed by atoms with van der Waals surface area (Å²) in [4.78, 5) is 2.31. The van der Waals surface area contributed by atoms with Gasteiger partial charge >= 0.3 is 0 Å². The number of anilines is 3. The highest BCUT2D eigenvalue weighted by Gasteiger charge is 2.19.